The lowest BCUT2D eigenvalue weighted by Crippen LogP contribution is -2.60. The summed E-state index contributed by atoms with van der Waals surface area (Å²) in [6, 6.07) is 9.56. The number of anilines is 2. The van der Waals surface area contributed by atoms with Gasteiger partial charge in [0.25, 0.3) is 5.91 Å². The standard InChI is InChI=1S/C32H39N9O/c1-38-14-9-32(10-15-38)21-41(22-32)30-16-23(8-11-33-30)31(42)37-29-17-27-24(18-34-29)6-7-26(36-27)25-19-35-39(2)28(25)20-40-12-4-3-5-13-40/h6-8,11,16-19H,3-5,9-10,12-15,20-22H2,1-2H3,(H,34,37,42). The molecule has 10 heteroatoms. The Morgan fingerprint density at radius 1 is 0.952 bits per heavy atom. The Morgan fingerprint density at radius 3 is 2.57 bits per heavy atom. The van der Waals surface area contributed by atoms with Crippen LogP contribution in [0.5, 0.6) is 0 Å². The van der Waals surface area contributed by atoms with Crippen LogP contribution in [0.4, 0.5) is 11.6 Å². The Labute approximate surface area is 246 Å². The fraction of sp³-hybridized carbons (Fsp3) is 0.469. The molecule has 0 aliphatic carbocycles. The number of aromatic nitrogens is 5. The molecule has 1 N–H and O–H groups in total. The molecule has 10 nitrogen and oxygen atoms in total. The smallest absolute Gasteiger partial charge is 0.257 e. The molecule has 3 aliphatic heterocycles. The van der Waals surface area contributed by atoms with Crippen LogP contribution in [-0.2, 0) is 13.6 Å². The average molecular weight is 566 g/mol. The Morgan fingerprint density at radius 2 is 1.76 bits per heavy atom. The number of pyridine rings is 3. The van der Waals surface area contributed by atoms with E-state index in [0.29, 0.717) is 16.8 Å². The van der Waals surface area contributed by atoms with Gasteiger partial charge < -0.3 is 15.1 Å². The van der Waals surface area contributed by atoms with Crippen LogP contribution < -0.4 is 10.2 Å². The number of likely N-dealkylation sites (tertiary alicyclic amines) is 2. The number of amides is 1. The molecule has 0 radical (unpaired) electrons. The van der Waals surface area contributed by atoms with E-state index in [1.165, 1.54) is 37.8 Å². The minimum absolute atomic E-state index is 0.202. The van der Waals surface area contributed by atoms with Crippen molar-refractivity contribution in [3.8, 4) is 11.3 Å². The highest BCUT2D eigenvalue weighted by Gasteiger charge is 2.44. The van der Waals surface area contributed by atoms with Crippen molar-refractivity contribution in [3.05, 3.63) is 60.2 Å². The van der Waals surface area contributed by atoms with Gasteiger partial charge in [0.1, 0.15) is 11.6 Å². The lowest BCUT2D eigenvalue weighted by Gasteiger charge is -2.54. The highest BCUT2D eigenvalue weighted by atomic mass is 16.1. The first kappa shape index (κ1) is 27.0. The van der Waals surface area contributed by atoms with Gasteiger partial charge in [0.15, 0.2) is 0 Å². The minimum atomic E-state index is -0.202. The number of fused-ring (bicyclic) bond motifs is 1. The summed E-state index contributed by atoms with van der Waals surface area (Å²) in [6.07, 6.45) is 11.7. The highest BCUT2D eigenvalue weighted by Crippen LogP contribution is 2.42. The van der Waals surface area contributed by atoms with Crippen LogP contribution >= 0.6 is 0 Å². The van der Waals surface area contributed by atoms with E-state index in [1.54, 1.807) is 18.5 Å². The summed E-state index contributed by atoms with van der Waals surface area (Å²) in [4.78, 5) is 34.5. The number of carbonyl (C=O) groups is 1. The van der Waals surface area contributed by atoms with Crippen LogP contribution in [0.25, 0.3) is 22.2 Å². The van der Waals surface area contributed by atoms with Crippen molar-refractivity contribution in [3.63, 3.8) is 0 Å². The number of piperidine rings is 2. The monoisotopic (exact) mass is 565 g/mol. The van der Waals surface area contributed by atoms with E-state index in [2.05, 4.69) is 42.1 Å². The van der Waals surface area contributed by atoms with E-state index in [1.807, 2.05) is 42.2 Å². The summed E-state index contributed by atoms with van der Waals surface area (Å²) in [5.74, 6) is 1.14. The number of carbonyl (C=O) groups excluding carboxylic acids is 1. The first-order chi connectivity index (χ1) is 20.4. The van der Waals surface area contributed by atoms with Crippen molar-refractivity contribution in [1.29, 1.82) is 0 Å². The minimum Gasteiger partial charge on any atom is -0.355 e. The van der Waals surface area contributed by atoms with E-state index >= 15 is 0 Å². The van der Waals surface area contributed by atoms with Crippen LogP contribution in [0.3, 0.4) is 0 Å². The molecule has 0 bridgehead atoms. The van der Waals surface area contributed by atoms with E-state index in [0.717, 1.165) is 73.8 Å². The van der Waals surface area contributed by atoms with Gasteiger partial charge in [-0.25, -0.2) is 15.0 Å². The maximum absolute atomic E-state index is 13.2. The van der Waals surface area contributed by atoms with Crippen LogP contribution in [0.1, 0.15) is 48.2 Å². The molecular formula is C32H39N9O. The molecule has 7 rings (SSSR count). The molecule has 7 heterocycles. The average Bonchev–Trinajstić information content (AvgIpc) is 3.36. The van der Waals surface area contributed by atoms with Crippen LogP contribution in [-0.4, -0.2) is 86.8 Å². The fourth-order valence-electron chi connectivity index (χ4n) is 6.68. The lowest BCUT2D eigenvalue weighted by atomic mass is 9.72. The van der Waals surface area contributed by atoms with Gasteiger partial charge in [-0.15, -0.1) is 0 Å². The Kier molecular flexibility index (Phi) is 7.11. The molecule has 0 unspecified atom stereocenters. The first-order valence-electron chi connectivity index (χ1n) is 15.2. The van der Waals surface area contributed by atoms with Crippen molar-refractivity contribution in [2.45, 2.75) is 38.6 Å². The van der Waals surface area contributed by atoms with Crippen molar-refractivity contribution in [2.75, 3.05) is 56.5 Å². The van der Waals surface area contributed by atoms with Gasteiger partial charge in [0.2, 0.25) is 0 Å². The number of aryl methyl sites for hydroxylation is 1. The normalized spacial score (nSPS) is 19.2. The number of hydrogen-bond acceptors (Lipinski definition) is 8. The molecule has 1 amide bonds. The topological polar surface area (TPSA) is 95.3 Å². The molecule has 3 saturated heterocycles. The third kappa shape index (κ3) is 5.36. The van der Waals surface area contributed by atoms with Crippen LogP contribution in [0, 0.1) is 5.41 Å². The summed E-state index contributed by atoms with van der Waals surface area (Å²) >= 11 is 0. The van der Waals surface area contributed by atoms with Crippen molar-refractivity contribution < 1.29 is 4.79 Å². The number of rotatable bonds is 6. The first-order valence-corrected chi connectivity index (χ1v) is 15.2. The molecule has 4 aromatic heterocycles. The van der Waals surface area contributed by atoms with Gasteiger partial charge in [-0.05, 0) is 83.2 Å². The molecule has 0 atom stereocenters. The fourth-order valence-corrected chi connectivity index (χ4v) is 6.68. The van der Waals surface area contributed by atoms with Crippen molar-refractivity contribution in [2.24, 2.45) is 12.5 Å². The molecule has 0 aromatic carbocycles. The summed E-state index contributed by atoms with van der Waals surface area (Å²) < 4.78 is 1.96. The maximum Gasteiger partial charge on any atom is 0.257 e. The Balaban J connectivity index is 1.06. The van der Waals surface area contributed by atoms with E-state index < -0.39 is 0 Å². The van der Waals surface area contributed by atoms with Gasteiger partial charge in [-0.1, -0.05) is 6.42 Å². The molecule has 3 fully saturated rings. The van der Waals surface area contributed by atoms with Crippen molar-refractivity contribution in [1.82, 2.24) is 34.5 Å². The maximum atomic E-state index is 13.2. The van der Waals surface area contributed by atoms with Gasteiger partial charge in [-0.3, -0.25) is 14.4 Å². The Bertz CT molecular complexity index is 1590. The molecule has 4 aromatic rings. The molecule has 42 heavy (non-hydrogen) atoms. The molecule has 218 valence electrons. The van der Waals surface area contributed by atoms with Crippen LogP contribution in [0.2, 0.25) is 0 Å². The zero-order chi connectivity index (χ0) is 28.7. The molecule has 1 spiro atoms. The molecular weight excluding hydrogens is 526 g/mol. The predicted molar refractivity (Wildman–Crippen MR) is 164 cm³/mol. The highest BCUT2D eigenvalue weighted by molar-refractivity contribution is 6.04. The van der Waals surface area contributed by atoms with Gasteiger partial charge in [0.05, 0.1) is 23.1 Å². The summed E-state index contributed by atoms with van der Waals surface area (Å²) in [7, 11) is 4.20. The van der Waals surface area contributed by atoms with Gasteiger partial charge in [0, 0.05) is 67.1 Å². The largest absolute Gasteiger partial charge is 0.355 e. The lowest BCUT2D eigenvalue weighted by molar-refractivity contribution is 0.0900. The second-order valence-corrected chi connectivity index (χ2v) is 12.4. The van der Waals surface area contributed by atoms with Crippen molar-refractivity contribution >= 4 is 28.4 Å². The van der Waals surface area contributed by atoms with E-state index in [-0.39, 0.29) is 5.91 Å². The molecule has 3 aliphatic rings. The zero-order valence-corrected chi connectivity index (χ0v) is 24.6. The van der Waals surface area contributed by atoms with Crippen LogP contribution in [0.15, 0.2) is 48.9 Å². The SMILES string of the molecule is CN1CCC2(CC1)CN(c1cc(C(=O)Nc3cc4nc(-c5cnn(C)c5CN5CCCCC5)ccc4cn3)ccn1)C2. The second-order valence-electron chi connectivity index (χ2n) is 12.4. The summed E-state index contributed by atoms with van der Waals surface area (Å²) in [5.41, 5.74) is 4.85. The third-order valence-corrected chi connectivity index (χ3v) is 9.41. The number of hydrogen-bond donors (Lipinski definition) is 1. The quantitative estimate of drug-likeness (QED) is 0.372. The predicted octanol–water partition coefficient (Wildman–Crippen LogP) is 4.20. The molecule has 0 saturated carbocycles. The second kappa shape index (κ2) is 11.1. The summed E-state index contributed by atoms with van der Waals surface area (Å²) in [5, 5.41) is 8.46. The van der Waals surface area contributed by atoms with Gasteiger partial charge >= 0.3 is 0 Å². The summed E-state index contributed by atoms with van der Waals surface area (Å²) in [6.45, 7) is 7.44. The number of nitrogens with zero attached hydrogens (tertiary/aromatic N) is 8. The third-order valence-electron chi connectivity index (χ3n) is 9.41. The Hall–Kier alpha value is -3.89. The van der Waals surface area contributed by atoms with Gasteiger partial charge in [-0.2, -0.15) is 5.10 Å². The zero-order valence-electron chi connectivity index (χ0n) is 24.6. The number of nitrogens with one attached hydrogen (secondary N) is 1. The van der Waals surface area contributed by atoms with E-state index in [4.69, 9.17) is 4.98 Å². The van der Waals surface area contributed by atoms with E-state index in [9.17, 15) is 4.79 Å².